The van der Waals surface area contributed by atoms with E-state index in [0.29, 0.717) is 5.92 Å². The molecule has 2 fully saturated rings. The molecule has 0 bridgehead atoms. The summed E-state index contributed by atoms with van der Waals surface area (Å²) in [5, 5.41) is 2.87. The van der Waals surface area contributed by atoms with E-state index in [0.717, 1.165) is 25.7 Å². The molecular formula is C16H28N2O2. The van der Waals surface area contributed by atoms with Gasteiger partial charge in [0.2, 0.25) is 11.8 Å². The fourth-order valence-corrected chi connectivity index (χ4v) is 3.79. The molecule has 0 spiro atoms. The van der Waals surface area contributed by atoms with Crippen molar-refractivity contribution >= 4 is 11.8 Å². The molecule has 2 rings (SSSR count). The molecule has 3 atom stereocenters. The van der Waals surface area contributed by atoms with Crippen LogP contribution >= 0.6 is 0 Å². The molecule has 0 aromatic carbocycles. The van der Waals surface area contributed by atoms with Crippen molar-refractivity contribution in [2.24, 2.45) is 5.92 Å². The molecule has 1 saturated heterocycles. The topological polar surface area (TPSA) is 49.4 Å². The first-order chi connectivity index (χ1) is 9.56. The lowest BCUT2D eigenvalue weighted by Gasteiger charge is -2.45. The summed E-state index contributed by atoms with van der Waals surface area (Å²) in [7, 11) is 0. The van der Waals surface area contributed by atoms with Gasteiger partial charge in [-0.05, 0) is 39.0 Å². The van der Waals surface area contributed by atoms with E-state index in [2.05, 4.69) is 19.2 Å². The van der Waals surface area contributed by atoms with E-state index >= 15 is 0 Å². The second kappa shape index (κ2) is 6.59. The van der Waals surface area contributed by atoms with Crippen LogP contribution in [0, 0.1) is 5.92 Å². The first-order valence-corrected chi connectivity index (χ1v) is 8.18. The van der Waals surface area contributed by atoms with Crippen LogP contribution in [0.4, 0.5) is 0 Å². The molecule has 1 aliphatic carbocycles. The molecule has 2 aliphatic rings. The monoisotopic (exact) mass is 280 g/mol. The highest BCUT2D eigenvalue weighted by Gasteiger charge is 2.44. The van der Waals surface area contributed by atoms with Gasteiger partial charge < -0.3 is 10.2 Å². The van der Waals surface area contributed by atoms with Crippen LogP contribution in [0.2, 0.25) is 0 Å². The van der Waals surface area contributed by atoms with Crippen LogP contribution in [0.5, 0.6) is 0 Å². The highest BCUT2D eigenvalue weighted by molar-refractivity contribution is 5.97. The number of nitrogens with one attached hydrogen (secondary N) is 1. The maximum Gasteiger partial charge on any atom is 0.245 e. The van der Waals surface area contributed by atoms with Crippen molar-refractivity contribution in [3.05, 3.63) is 0 Å². The zero-order valence-electron chi connectivity index (χ0n) is 13.0. The zero-order valence-corrected chi connectivity index (χ0v) is 13.0. The number of hydrogen-bond donors (Lipinski definition) is 1. The third-order valence-corrected chi connectivity index (χ3v) is 4.83. The molecule has 1 saturated carbocycles. The zero-order chi connectivity index (χ0) is 14.7. The van der Waals surface area contributed by atoms with E-state index in [1.54, 1.807) is 6.92 Å². The Morgan fingerprint density at radius 2 is 1.90 bits per heavy atom. The van der Waals surface area contributed by atoms with Crippen molar-refractivity contribution in [1.29, 1.82) is 0 Å². The highest BCUT2D eigenvalue weighted by Crippen LogP contribution is 2.32. The Morgan fingerprint density at radius 1 is 1.25 bits per heavy atom. The number of piperazine rings is 1. The lowest BCUT2D eigenvalue weighted by atomic mass is 9.81. The summed E-state index contributed by atoms with van der Waals surface area (Å²) in [6.07, 6.45) is 7.81. The minimum Gasteiger partial charge on any atom is -0.343 e. The van der Waals surface area contributed by atoms with Gasteiger partial charge in [0.1, 0.15) is 12.1 Å². The van der Waals surface area contributed by atoms with E-state index in [1.165, 1.54) is 19.3 Å². The minimum atomic E-state index is -0.373. The molecule has 0 aromatic rings. The molecule has 3 unspecified atom stereocenters. The molecular weight excluding hydrogens is 252 g/mol. The Bertz CT molecular complexity index is 363. The molecule has 114 valence electrons. The molecule has 4 nitrogen and oxygen atoms in total. The lowest BCUT2D eigenvalue weighted by Crippen LogP contribution is -2.66. The van der Waals surface area contributed by atoms with Crippen molar-refractivity contribution in [2.45, 2.75) is 83.8 Å². The van der Waals surface area contributed by atoms with Gasteiger partial charge in [0.25, 0.3) is 0 Å². The van der Waals surface area contributed by atoms with Crippen LogP contribution in [0.1, 0.15) is 65.7 Å². The van der Waals surface area contributed by atoms with E-state index in [1.807, 2.05) is 4.90 Å². The van der Waals surface area contributed by atoms with Crippen molar-refractivity contribution in [3.8, 4) is 0 Å². The fraction of sp³-hybridized carbons (Fsp3) is 0.875. The average Bonchev–Trinajstić information content (AvgIpc) is 2.43. The van der Waals surface area contributed by atoms with Crippen LogP contribution in [0.25, 0.3) is 0 Å². The first-order valence-electron chi connectivity index (χ1n) is 8.18. The van der Waals surface area contributed by atoms with Crippen molar-refractivity contribution in [1.82, 2.24) is 10.2 Å². The Hall–Kier alpha value is -1.06. The smallest absolute Gasteiger partial charge is 0.245 e. The predicted octanol–water partition coefficient (Wildman–Crippen LogP) is 2.47. The number of rotatable bonds is 4. The number of carbonyl (C=O) groups excluding carboxylic acids is 2. The van der Waals surface area contributed by atoms with Gasteiger partial charge in [-0.3, -0.25) is 9.59 Å². The Balaban J connectivity index is 2.22. The maximum atomic E-state index is 12.6. The van der Waals surface area contributed by atoms with Crippen LogP contribution in [0.15, 0.2) is 0 Å². The second-order valence-corrected chi connectivity index (χ2v) is 6.46. The van der Waals surface area contributed by atoms with Crippen LogP contribution in [-0.4, -0.2) is 34.8 Å². The Kier molecular flexibility index (Phi) is 5.06. The Morgan fingerprint density at radius 3 is 2.50 bits per heavy atom. The largest absolute Gasteiger partial charge is 0.343 e. The normalized spacial score (nSPS) is 30.2. The maximum absolute atomic E-state index is 12.6. The van der Waals surface area contributed by atoms with Crippen LogP contribution < -0.4 is 5.32 Å². The molecule has 0 radical (unpaired) electrons. The van der Waals surface area contributed by atoms with E-state index in [9.17, 15) is 9.59 Å². The molecule has 1 heterocycles. The predicted molar refractivity (Wildman–Crippen MR) is 79.2 cm³/mol. The van der Waals surface area contributed by atoms with Crippen LogP contribution in [0.3, 0.4) is 0 Å². The standard InChI is InChI=1S/C16H28N2O2/c1-4-8-11(2)18-14(13-9-6-5-7-10-13)15(19)17-12(3)16(18)20/h11-14H,4-10H2,1-3H3,(H,17,19). The summed E-state index contributed by atoms with van der Waals surface area (Å²) in [4.78, 5) is 26.9. The van der Waals surface area contributed by atoms with E-state index in [-0.39, 0.29) is 29.9 Å². The average molecular weight is 280 g/mol. The van der Waals surface area contributed by atoms with Gasteiger partial charge in [0.05, 0.1) is 0 Å². The van der Waals surface area contributed by atoms with Gasteiger partial charge in [-0.2, -0.15) is 0 Å². The van der Waals surface area contributed by atoms with E-state index < -0.39 is 0 Å². The summed E-state index contributed by atoms with van der Waals surface area (Å²) in [5.74, 6) is 0.507. The summed E-state index contributed by atoms with van der Waals surface area (Å²) in [5.41, 5.74) is 0. The van der Waals surface area contributed by atoms with Gasteiger partial charge in [-0.25, -0.2) is 0 Å². The number of hydrogen-bond acceptors (Lipinski definition) is 2. The van der Waals surface area contributed by atoms with Crippen molar-refractivity contribution in [2.75, 3.05) is 0 Å². The molecule has 20 heavy (non-hydrogen) atoms. The molecule has 1 N–H and O–H groups in total. The molecule has 2 amide bonds. The quantitative estimate of drug-likeness (QED) is 0.860. The number of nitrogens with zero attached hydrogens (tertiary/aromatic N) is 1. The van der Waals surface area contributed by atoms with Gasteiger partial charge >= 0.3 is 0 Å². The fourth-order valence-electron chi connectivity index (χ4n) is 3.79. The highest BCUT2D eigenvalue weighted by atomic mass is 16.2. The first kappa shape index (κ1) is 15.3. The Labute approximate surface area is 122 Å². The third-order valence-electron chi connectivity index (χ3n) is 4.83. The van der Waals surface area contributed by atoms with Gasteiger partial charge in [0, 0.05) is 6.04 Å². The summed E-state index contributed by atoms with van der Waals surface area (Å²) in [6, 6.07) is -0.449. The second-order valence-electron chi connectivity index (χ2n) is 6.46. The molecule has 4 heteroatoms. The van der Waals surface area contributed by atoms with Crippen LogP contribution in [-0.2, 0) is 9.59 Å². The summed E-state index contributed by atoms with van der Waals surface area (Å²) < 4.78 is 0. The van der Waals surface area contributed by atoms with E-state index in [4.69, 9.17) is 0 Å². The molecule has 0 aromatic heterocycles. The van der Waals surface area contributed by atoms with Crippen molar-refractivity contribution < 1.29 is 9.59 Å². The third kappa shape index (κ3) is 2.99. The number of carbonyl (C=O) groups is 2. The van der Waals surface area contributed by atoms with Gasteiger partial charge in [0.15, 0.2) is 0 Å². The SMILES string of the molecule is CCCC(C)N1C(=O)C(C)NC(=O)C1C1CCCCC1. The van der Waals surface area contributed by atoms with Crippen molar-refractivity contribution in [3.63, 3.8) is 0 Å². The number of amides is 2. The lowest BCUT2D eigenvalue weighted by molar-refractivity contribution is -0.154. The summed E-state index contributed by atoms with van der Waals surface area (Å²) in [6.45, 7) is 6.01. The summed E-state index contributed by atoms with van der Waals surface area (Å²) >= 11 is 0. The van der Waals surface area contributed by atoms with Gasteiger partial charge in [-0.15, -0.1) is 0 Å². The molecule has 1 aliphatic heterocycles. The minimum absolute atomic E-state index is 0.0620. The van der Waals surface area contributed by atoms with Gasteiger partial charge in [-0.1, -0.05) is 32.6 Å².